The zero-order valence-electron chi connectivity index (χ0n) is 10.3. The van der Waals surface area contributed by atoms with E-state index in [0.717, 1.165) is 17.3 Å². The number of carbonyl (C=O) groups is 1. The molecule has 0 unspecified atom stereocenters. The summed E-state index contributed by atoms with van der Waals surface area (Å²) in [5.74, 6) is 0.714. The van der Waals surface area contributed by atoms with Crippen LogP contribution in [-0.4, -0.2) is 18.5 Å². The number of nitrogen functional groups attached to an aromatic ring is 1. The molecule has 0 fully saturated rings. The van der Waals surface area contributed by atoms with Crippen molar-refractivity contribution >= 4 is 22.8 Å². The lowest BCUT2D eigenvalue weighted by molar-refractivity contribution is 0.181. The van der Waals surface area contributed by atoms with Gasteiger partial charge in [0.15, 0.2) is 0 Å². The van der Waals surface area contributed by atoms with Gasteiger partial charge in [0, 0.05) is 10.6 Å². The maximum Gasteiger partial charge on any atom is 0.372 e. The number of carbonyl (C=O) groups excluding carboxylic acids is 1. The van der Waals surface area contributed by atoms with Gasteiger partial charge in [0.05, 0.1) is 13.2 Å². The van der Waals surface area contributed by atoms with Crippen LogP contribution in [0.4, 0.5) is 10.5 Å². The summed E-state index contributed by atoms with van der Waals surface area (Å²) in [4.78, 5) is 12.1. The molecular weight excluding hydrogens is 238 g/mol. The number of benzene rings is 1. The molecule has 2 N–H and O–H groups in total. The van der Waals surface area contributed by atoms with Crippen molar-refractivity contribution in [3.05, 3.63) is 17.7 Å². The Labute approximate surface area is 105 Å². The Morgan fingerprint density at radius 2 is 2.06 bits per heavy atom. The number of aryl methyl sites for hydroxylation is 1. The molecule has 0 aliphatic carbocycles. The molecule has 4 nitrogen and oxygen atoms in total. The highest BCUT2D eigenvalue weighted by Crippen LogP contribution is 2.33. The molecule has 0 bridgehead atoms. The quantitative estimate of drug-likeness (QED) is 0.508. The molecule has 1 rings (SSSR count). The Bertz CT molecular complexity index is 407. The minimum Gasteiger partial charge on any atom is -0.494 e. The monoisotopic (exact) mass is 255 g/mol. The van der Waals surface area contributed by atoms with Crippen LogP contribution < -0.4 is 10.5 Å². The smallest absolute Gasteiger partial charge is 0.372 e. The van der Waals surface area contributed by atoms with E-state index in [2.05, 4.69) is 0 Å². The van der Waals surface area contributed by atoms with Crippen LogP contribution in [0.15, 0.2) is 17.0 Å². The van der Waals surface area contributed by atoms with Crippen molar-refractivity contribution in [3.63, 3.8) is 0 Å². The van der Waals surface area contributed by atoms with E-state index in [1.165, 1.54) is 0 Å². The molecule has 0 saturated heterocycles. The Morgan fingerprint density at radius 1 is 1.35 bits per heavy atom. The van der Waals surface area contributed by atoms with E-state index in [-0.39, 0.29) is 5.30 Å². The summed E-state index contributed by atoms with van der Waals surface area (Å²) in [5, 5.41) is -0.354. The van der Waals surface area contributed by atoms with E-state index in [1.54, 1.807) is 13.0 Å². The molecule has 0 aliphatic heterocycles. The first-order chi connectivity index (χ1) is 8.08. The largest absolute Gasteiger partial charge is 0.494 e. The fraction of sp³-hybridized carbons (Fsp3) is 0.417. The molecule has 17 heavy (non-hydrogen) atoms. The van der Waals surface area contributed by atoms with Crippen molar-refractivity contribution in [2.45, 2.75) is 25.7 Å². The van der Waals surface area contributed by atoms with Crippen LogP contribution in [0, 0.1) is 6.92 Å². The zero-order valence-corrected chi connectivity index (χ0v) is 11.1. The first kappa shape index (κ1) is 13.7. The number of nitrogens with two attached hydrogens (primary N) is 1. The molecule has 0 saturated carbocycles. The highest BCUT2D eigenvalue weighted by atomic mass is 32.2. The van der Waals surface area contributed by atoms with Crippen LogP contribution in [-0.2, 0) is 4.74 Å². The molecule has 0 aromatic heterocycles. The van der Waals surface area contributed by atoms with Gasteiger partial charge in [-0.25, -0.2) is 4.79 Å². The van der Waals surface area contributed by atoms with Gasteiger partial charge in [0.2, 0.25) is 0 Å². The van der Waals surface area contributed by atoms with Crippen molar-refractivity contribution in [1.82, 2.24) is 0 Å². The number of hydrogen-bond acceptors (Lipinski definition) is 5. The summed E-state index contributed by atoms with van der Waals surface area (Å²) >= 11 is 0.983. The average Bonchev–Trinajstić information content (AvgIpc) is 2.26. The Balaban J connectivity index is 2.92. The molecule has 0 radical (unpaired) electrons. The van der Waals surface area contributed by atoms with Gasteiger partial charge >= 0.3 is 5.30 Å². The first-order valence-electron chi connectivity index (χ1n) is 5.46. The van der Waals surface area contributed by atoms with Gasteiger partial charge in [-0.05, 0) is 50.2 Å². The number of rotatable bonds is 4. The average molecular weight is 255 g/mol. The summed E-state index contributed by atoms with van der Waals surface area (Å²) in [6.07, 6.45) is 0. The third-order valence-corrected chi connectivity index (χ3v) is 2.93. The van der Waals surface area contributed by atoms with Crippen LogP contribution in [0.1, 0.15) is 19.4 Å². The molecule has 0 aliphatic rings. The van der Waals surface area contributed by atoms with Gasteiger partial charge in [-0.1, -0.05) is 0 Å². The molecule has 0 heterocycles. The van der Waals surface area contributed by atoms with Crippen molar-refractivity contribution in [2.75, 3.05) is 18.9 Å². The first-order valence-corrected chi connectivity index (χ1v) is 6.27. The summed E-state index contributed by atoms with van der Waals surface area (Å²) in [5.41, 5.74) is 7.39. The summed E-state index contributed by atoms with van der Waals surface area (Å²) in [7, 11) is 0. The van der Waals surface area contributed by atoms with Crippen LogP contribution in [0.3, 0.4) is 0 Å². The van der Waals surface area contributed by atoms with E-state index in [0.29, 0.717) is 29.5 Å². The van der Waals surface area contributed by atoms with Gasteiger partial charge < -0.3 is 15.2 Å². The summed E-state index contributed by atoms with van der Waals surface area (Å²) in [6.45, 7) is 6.49. The Morgan fingerprint density at radius 3 is 2.65 bits per heavy atom. The predicted molar refractivity (Wildman–Crippen MR) is 69.6 cm³/mol. The van der Waals surface area contributed by atoms with Crippen LogP contribution in [0.5, 0.6) is 5.75 Å². The summed E-state index contributed by atoms with van der Waals surface area (Å²) in [6, 6.07) is 3.61. The molecule has 1 aromatic rings. The molecule has 0 spiro atoms. The molecule has 1 aromatic carbocycles. The van der Waals surface area contributed by atoms with Gasteiger partial charge in [-0.2, -0.15) is 0 Å². The third-order valence-electron chi connectivity index (χ3n) is 2.09. The third kappa shape index (κ3) is 3.85. The van der Waals surface area contributed by atoms with Crippen molar-refractivity contribution in [3.8, 4) is 5.75 Å². The Kier molecular flexibility index (Phi) is 5.15. The molecule has 5 heteroatoms. The highest BCUT2D eigenvalue weighted by Gasteiger charge is 2.12. The standard InChI is InChI=1S/C12H17NO3S/c1-4-15-9-6-8(3)11(13)10(7-9)17-12(14)16-5-2/h6-7H,4-5,13H2,1-3H3. The molecule has 0 atom stereocenters. The van der Waals surface area contributed by atoms with E-state index in [1.807, 2.05) is 19.9 Å². The zero-order chi connectivity index (χ0) is 12.8. The second kappa shape index (κ2) is 6.39. The lowest BCUT2D eigenvalue weighted by Gasteiger charge is -2.11. The number of ether oxygens (including phenoxy) is 2. The fourth-order valence-electron chi connectivity index (χ4n) is 1.31. The van der Waals surface area contributed by atoms with E-state index in [4.69, 9.17) is 15.2 Å². The van der Waals surface area contributed by atoms with Crippen LogP contribution in [0.25, 0.3) is 0 Å². The Hall–Kier alpha value is -1.36. The SMILES string of the molecule is CCOC(=O)Sc1cc(OCC)cc(C)c1N. The van der Waals surface area contributed by atoms with Gasteiger partial charge in [-0.15, -0.1) is 0 Å². The lowest BCUT2D eigenvalue weighted by Crippen LogP contribution is -2.00. The van der Waals surface area contributed by atoms with Crippen LogP contribution in [0.2, 0.25) is 0 Å². The second-order valence-corrected chi connectivity index (χ2v) is 4.35. The maximum atomic E-state index is 11.4. The lowest BCUT2D eigenvalue weighted by atomic mass is 10.2. The topological polar surface area (TPSA) is 61.5 Å². The normalized spacial score (nSPS) is 10.1. The van der Waals surface area contributed by atoms with Crippen molar-refractivity contribution < 1.29 is 14.3 Å². The molecular formula is C12H17NO3S. The fourth-order valence-corrected chi connectivity index (χ4v) is 2.11. The van der Waals surface area contributed by atoms with E-state index < -0.39 is 0 Å². The predicted octanol–water partition coefficient (Wildman–Crippen LogP) is 3.22. The van der Waals surface area contributed by atoms with Crippen molar-refractivity contribution in [1.29, 1.82) is 0 Å². The van der Waals surface area contributed by atoms with Gasteiger partial charge in [0.1, 0.15) is 5.75 Å². The molecule has 0 amide bonds. The van der Waals surface area contributed by atoms with Crippen LogP contribution >= 0.6 is 11.8 Å². The van der Waals surface area contributed by atoms with Gasteiger partial charge in [-0.3, -0.25) is 0 Å². The minimum atomic E-state index is -0.354. The van der Waals surface area contributed by atoms with E-state index in [9.17, 15) is 4.79 Å². The number of hydrogen-bond donors (Lipinski definition) is 1. The number of anilines is 1. The maximum absolute atomic E-state index is 11.4. The minimum absolute atomic E-state index is 0.354. The second-order valence-electron chi connectivity index (χ2n) is 3.37. The van der Waals surface area contributed by atoms with E-state index >= 15 is 0 Å². The molecule has 94 valence electrons. The van der Waals surface area contributed by atoms with Gasteiger partial charge in [0.25, 0.3) is 0 Å². The highest BCUT2D eigenvalue weighted by molar-refractivity contribution is 8.13. The number of thioether (sulfide) groups is 1. The van der Waals surface area contributed by atoms with Crippen molar-refractivity contribution in [2.24, 2.45) is 0 Å². The summed E-state index contributed by atoms with van der Waals surface area (Å²) < 4.78 is 10.3.